The Morgan fingerprint density at radius 3 is 2.36 bits per heavy atom. The number of hydrogen-bond acceptors (Lipinski definition) is 9. The number of fused-ring (bicyclic) bond motifs is 1. The molecule has 2 aliphatic rings. The van der Waals surface area contributed by atoms with Crippen LogP contribution in [0.1, 0.15) is 18.1 Å². The van der Waals surface area contributed by atoms with Gasteiger partial charge in [-0.1, -0.05) is 6.07 Å². The van der Waals surface area contributed by atoms with E-state index in [1.165, 1.54) is 24.3 Å². The van der Waals surface area contributed by atoms with Crippen LogP contribution in [0.3, 0.4) is 0 Å². The van der Waals surface area contributed by atoms with E-state index in [4.69, 9.17) is 14.2 Å². The fourth-order valence-electron chi connectivity index (χ4n) is 5.52. The van der Waals surface area contributed by atoms with Crippen LogP contribution in [-0.4, -0.2) is 75.2 Å². The van der Waals surface area contributed by atoms with Crippen molar-refractivity contribution in [1.29, 1.82) is 0 Å². The van der Waals surface area contributed by atoms with Gasteiger partial charge in [-0.05, 0) is 67.1 Å². The zero-order valence-electron chi connectivity index (χ0n) is 26.8. The summed E-state index contributed by atoms with van der Waals surface area (Å²) in [7, 11) is -4.20. The van der Waals surface area contributed by atoms with E-state index in [9.17, 15) is 26.4 Å². The van der Waals surface area contributed by atoms with E-state index in [1.54, 1.807) is 11.0 Å². The summed E-state index contributed by atoms with van der Waals surface area (Å²) in [5.41, 5.74) is 0.641. The number of nitrogens with one attached hydrogen (secondary N) is 1. The predicted octanol–water partition coefficient (Wildman–Crippen LogP) is 5.73. The van der Waals surface area contributed by atoms with E-state index in [2.05, 4.69) is 14.6 Å². The fraction of sp³-hybridized carbons (Fsp3) is 0.294. The van der Waals surface area contributed by atoms with Gasteiger partial charge in [0.15, 0.2) is 23.1 Å². The molecule has 4 aromatic rings. The van der Waals surface area contributed by atoms with Gasteiger partial charge in [-0.25, -0.2) is 17.8 Å². The van der Waals surface area contributed by atoms with E-state index in [1.807, 2.05) is 30.0 Å². The molecule has 0 aliphatic carbocycles. The molecule has 264 valence electrons. The molecule has 2 aliphatic heterocycles. The van der Waals surface area contributed by atoms with Crippen LogP contribution in [0.2, 0.25) is 0 Å². The molecule has 1 amide bonds. The molecular weight excluding hydrogens is 682 g/mol. The molecule has 16 heteroatoms. The smallest absolute Gasteiger partial charge is 0.416 e. The molecule has 1 N–H and O–H groups in total. The molecule has 1 saturated heterocycles. The van der Waals surface area contributed by atoms with Crippen molar-refractivity contribution in [3.8, 4) is 23.1 Å². The highest BCUT2D eigenvalue weighted by molar-refractivity contribution is 7.92. The fourth-order valence-corrected chi connectivity index (χ4v) is 6.57. The third kappa shape index (κ3) is 8.19. The van der Waals surface area contributed by atoms with E-state index in [0.717, 1.165) is 41.9 Å². The van der Waals surface area contributed by atoms with Gasteiger partial charge in [0.1, 0.15) is 0 Å². The minimum Gasteiger partial charge on any atom is -0.454 e. The molecule has 0 unspecified atom stereocenters. The molecule has 11 nitrogen and oxygen atoms in total. The van der Waals surface area contributed by atoms with Crippen molar-refractivity contribution in [2.24, 2.45) is 0 Å². The number of rotatable bonds is 11. The number of likely N-dealkylation sites (N-methyl/N-ethyl adjacent to an activating group) is 1. The zero-order valence-corrected chi connectivity index (χ0v) is 27.6. The number of ether oxygens (including phenoxy) is 3. The predicted molar refractivity (Wildman–Crippen MR) is 175 cm³/mol. The average molecular weight is 716 g/mol. The largest absolute Gasteiger partial charge is 0.454 e. The summed E-state index contributed by atoms with van der Waals surface area (Å²) in [5, 5.41) is 0. The highest BCUT2D eigenvalue weighted by Crippen LogP contribution is 2.33. The number of pyridine rings is 1. The minimum absolute atomic E-state index is 0.0161. The maximum atomic E-state index is 15.2. The molecule has 3 heterocycles. The molecule has 1 fully saturated rings. The second-order valence-corrected chi connectivity index (χ2v) is 13.3. The summed E-state index contributed by atoms with van der Waals surface area (Å²) < 4.78 is 97.5. The van der Waals surface area contributed by atoms with E-state index < -0.39 is 27.6 Å². The Balaban J connectivity index is 1.00. The highest BCUT2D eigenvalue weighted by Gasteiger charge is 2.31. The number of hydrogen-bond donors (Lipinski definition) is 1. The minimum atomic E-state index is -4.60. The van der Waals surface area contributed by atoms with Gasteiger partial charge in [0.2, 0.25) is 18.6 Å². The monoisotopic (exact) mass is 715 g/mol. The van der Waals surface area contributed by atoms with Crippen LogP contribution < -0.4 is 23.8 Å². The topological polar surface area (TPSA) is 114 Å². The van der Waals surface area contributed by atoms with Crippen LogP contribution in [-0.2, 0) is 27.5 Å². The molecule has 0 radical (unpaired) electrons. The second kappa shape index (κ2) is 14.4. The number of carbonyl (C=O) groups is 1. The zero-order chi connectivity index (χ0) is 35.5. The number of nitrogens with zero attached hydrogens (tertiary/aromatic N) is 4. The molecule has 3 aromatic carbocycles. The normalized spacial score (nSPS) is 14.8. The molecule has 0 atom stereocenters. The second-order valence-electron chi connectivity index (χ2n) is 11.6. The average Bonchev–Trinajstić information content (AvgIpc) is 3.57. The summed E-state index contributed by atoms with van der Waals surface area (Å²) in [6.45, 7) is 5.94. The van der Waals surface area contributed by atoms with E-state index >= 15 is 4.39 Å². The Bertz CT molecular complexity index is 1940. The Kier molecular flexibility index (Phi) is 10.0. The Labute approximate surface area is 286 Å². The number of benzene rings is 3. The highest BCUT2D eigenvalue weighted by atomic mass is 32.2. The van der Waals surface area contributed by atoms with Crippen LogP contribution in [0.15, 0.2) is 83.9 Å². The first-order valence-electron chi connectivity index (χ1n) is 15.6. The van der Waals surface area contributed by atoms with E-state index in [-0.39, 0.29) is 41.5 Å². The van der Waals surface area contributed by atoms with Gasteiger partial charge in [-0.2, -0.15) is 13.2 Å². The first-order valence-corrected chi connectivity index (χ1v) is 17.1. The SMILES string of the molecule is CCN(CC(=O)N1CCN(Cc2ccc3c(c2)OCO3)CC1)c1ccc(Oc2ccc(NS(=O)(=O)c3ccc(C(F)(F)F)cc3)cn2)c(F)c1. The van der Waals surface area contributed by atoms with E-state index in [0.29, 0.717) is 50.5 Å². The van der Waals surface area contributed by atoms with Gasteiger partial charge in [0.25, 0.3) is 10.0 Å². The van der Waals surface area contributed by atoms with Crippen LogP contribution in [0.4, 0.5) is 28.9 Å². The molecule has 1 aromatic heterocycles. The van der Waals surface area contributed by atoms with Crippen molar-refractivity contribution in [1.82, 2.24) is 14.8 Å². The Morgan fingerprint density at radius 1 is 0.960 bits per heavy atom. The number of amides is 1. The lowest BCUT2D eigenvalue weighted by molar-refractivity contribution is -0.137. The number of carbonyl (C=O) groups excluding carboxylic acids is 1. The van der Waals surface area contributed by atoms with Crippen molar-refractivity contribution >= 4 is 27.3 Å². The third-order valence-corrected chi connectivity index (χ3v) is 9.65. The number of anilines is 2. The number of sulfonamides is 1. The van der Waals surface area contributed by atoms with Crippen molar-refractivity contribution in [2.75, 3.05) is 55.7 Å². The molecule has 6 rings (SSSR count). The molecular formula is C34H33F4N5O6S. The van der Waals surface area contributed by atoms with Gasteiger partial charge in [0, 0.05) is 57.1 Å². The standard InChI is InChI=1S/C34H33F4N5O6S/c1-2-42(21-33(44)43-15-13-41(14-16-43)20-23-3-10-30-31(17-23)48-22-47-30)26-7-11-29(28(35)18-26)49-32-12-6-25(19-39-32)40-50(45,46)27-8-4-24(5-9-27)34(36,37)38/h3-12,17-19,40H,2,13-16,20-22H2,1H3. The van der Waals surface area contributed by atoms with Crippen molar-refractivity contribution in [3.63, 3.8) is 0 Å². The summed E-state index contributed by atoms with van der Waals surface area (Å²) in [6.07, 6.45) is -3.47. The Hall–Kier alpha value is -5.09. The maximum absolute atomic E-state index is 15.2. The van der Waals surface area contributed by atoms with Crippen LogP contribution in [0.25, 0.3) is 0 Å². The van der Waals surface area contributed by atoms with Crippen molar-refractivity contribution in [2.45, 2.75) is 24.5 Å². The lowest BCUT2D eigenvalue weighted by Gasteiger charge is -2.36. The van der Waals surface area contributed by atoms with Gasteiger partial charge in [-0.3, -0.25) is 14.4 Å². The maximum Gasteiger partial charge on any atom is 0.416 e. The van der Waals surface area contributed by atoms with Crippen LogP contribution in [0, 0.1) is 5.82 Å². The Morgan fingerprint density at radius 2 is 1.70 bits per heavy atom. The number of alkyl halides is 3. The lowest BCUT2D eigenvalue weighted by Crippen LogP contribution is -2.51. The molecule has 0 spiro atoms. The lowest BCUT2D eigenvalue weighted by atomic mass is 10.1. The van der Waals surface area contributed by atoms with Gasteiger partial charge < -0.3 is 24.0 Å². The number of aromatic nitrogens is 1. The van der Waals surface area contributed by atoms with Crippen LogP contribution in [0.5, 0.6) is 23.1 Å². The first kappa shape index (κ1) is 34.8. The number of piperazine rings is 1. The van der Waals surface area contributed by atoms with Gasteiger partial charge >= 0.3 is 6.18 Å². The summed E-state index contributed by atoms with van der Waals surface area (Å²) in [5.74, 6) is 0.552. The summed E-state index contributed by atoms with van der Waals surface area (Å²) >= 11 is 0. The van der Waals surface area contributed by atoms with Gasteiger partial charge in [-0.15, -0.1) is 0 Å². The summed E-state index contributed by atoms with van der Waals surface area (Å²) in [4.78, 5) is 22.7. The quantitative estimate of drug-likeness (QED) is 0.195. The molecule has 0 bridgehead atoms. The molecule has 50 heavy (non-hydrogen) atoms. The first-order chi connectivity index (χ1) is 23.9. The molecule has 0 saturated carbocycles. The van der Waals surface area contributed by atoms with Crippen LogP contribution >= 0.6 is 0 Å². The summed E-state index contributed by atoms with van der Waals surface area (Å²) in [6, 6.07) is 15.9. The van der Waals surface area contributed by atoms with Crippen molar-refractivity contribution in [3.05, 3.63) is 95.9 Å². The number of halogens is 4. The van der Waals surface area contributed by atoms with Crippen molar-refractivity contribution < 1.29 is 45.0 Å². The third-order valence-electron chi connectivity index (χ3n) is 8.25. The van der Waals surface area contributed by atoms with Gasteiger partial charge in [0.05, 0.1) is 28.9 Å².